The standard InChI is InChI=1S/C24H25ClN2O5S/c1-5-16-6-9-18(10-7-16)27-33(29,30)23-13-17(8-11-21(23)31-3)24(28)26-20-12-15(2)19(25)14-22(20)32-4/h6-14,27H,5H2,1-4H3,(H,26,28). The first-order valence-corrected chi connectivity index (χ1v) is 12.0. The average molecular weight is 489 g/mol. The van der Waals surface area contributed by atoms with Gasteiger partial charge in [-0.05, 0) is 60.9 Å². The average Bonchev–Trinajstić information content (AvgIpc) is 2.81. The molecule has 0 unspecified atom stereocenters. The van der Waals surface area contributed by atoms with E-state index < -0.39 is 15.9 Å². The quantitative estimate of drug-likeness (QED) is 0.450. The van der Waals surface area contributed by atoms with E-state index in [-0.39, 0.29) is 16.2 Å². The van der Waals surface area contributed by atoms with Gasteiger partial charge in [0.1, 0.15) is 16.4 Å². The van der Waals surface area contributed by atoms with Crippen LogP contribution in [0.1, 0.15) is 28.4 Å². The molecule has 1 amide bonds. The molecule has 0 radical (unpaired) electrons. The van der Waals surface area contributed by atoms with Crippen LogP contribution in [-0.2, 0) is 16.4 Å². The summed E-state index contributed by atoms with van der Waals surface area (Å²) in [5.74, 6) is -0.0110. The number of hydrogen-bond donors (Lipinski definition) is 2. The zero-order chi connectivity index (χ0) is 24.2. The smallest absolute Gasteiger partial charge is 0.265 e. The molecular formula is C24H25ClN2O5S. The van der Waals surface area contributed by atoms with Crippen molar-refractivity contribution in [2.45, 2.75) is 25.2 Å². The van der Waals surface area contributed by atoms with Crippen LogP contribution in [0.5, 0.6) is 11.5 Å². The summed E-state index contributed by atoms with van der Waals surface area (Å²) >= 11 is 6.13. The molecule has 0 atom stereocenters. The van der Waals surface area contributed by atoms with Crippen molar-refractivity contribution in [3.8, 4) is 11.5 Å². The van der Waals surface area contributed by atoms with E-state index in [2.05, 4.69) is 10.0 Å². The van der Waals surface area contributed by atoms with Crippen molar-refractivity contribution in [1.29, 1.82) is 0 Å². The van der Waals surface area contributed by atoms with Gasteiger partial charge < -0.3 is 14.8 Å². The van der Waals surface area contributed by atoms with Gasteiger partial charge in [-0.25, -0.2) is 8.42 Å². The number of halogens is 1. The van der Waals surface area contributed by atoms with E-state index in [1.807, 2.05) is 19.1 Å². The maximum atomic E-state index is 13.1. The number of carbonyl (C=O) groups excluding carboxylic acids is 1. The van der Waals surface area contributed by atoms with Crippen molar-refractivity contribution in [3.05, 3.63) is 76.3 Å². The predicted molar refractivity (Wildman–Crippen MR) is 130 cm³/mol. The number of hydrogen-bond acceptors (Lipinski definition) is 5. The first-order valence-electron chi connectivity index (χ1n) is 10.1. The molecule has 3 rings (SSSR count). The summed E-state index contributed by atoms with van der Waals surface area (Å²) in [4.78, 5) is 12.8. The number of nitrogens with one attached hydrogen (secondary N) is 2. The van der Waals surface area contributed by atoms with Crippen LogP contribution in [0.15, 0.2) is 59.5 Å². The number of benzene rings is 3. The Morgan fingerprint density at radius 2 is 1.64 bits per heavy atom. The van der Waals surface area contributed by atoms with Gasteiger partial charge in [0, 0.05) is 22.3 Å². The maximum absolute atomic E-state index is 13.1. The lowest BCUT2D eigenvalue weighted by Crippen LogP contribution is -2.17. The third-order valence-corrected chi connectivity index (χ3v) is 6.87. The topological polar surface area (TPSA) is 93.7 Å². The van der Waals surface area contributed by atoms with E-state index in [0.717, 1.165) is 17.5 Å². The van der Waals surface area contributed by atoms with E-state index in [4.69, 9.17) is 21.1 Å². The van der Waals surface area contributed by atoms with Crippen LogP contribution in [0, 0.1) is 6.92 Å². The van der Waals surface area contributed by atoms with Gasteiger partial charge in [-0.1, -0.05) is 30.7 Å². The highest BCUT2D eigenvalue weighted by Crippen LogP contribution is 2.32. The van der Waals surface area contributed by atoms with E-state index in [0.29, 0.717) is 22.1 Å². The lowest BCUT2D eigenvalue weighted by atomic mass is 10.1. The number of methoxy groups -OCH3 is 2. The third kappa shape index (κ3) is 5.58. The number of ether oxygens (including phenoxy) is 2. The summed E-state index contributed by atoms with van der Waals surface area (Å²) in [6, 6.07) is 14.6. The Kier molecular flexibility index (Phi) is 7.50. The fraction of sp³-hybridized carbons (Fsp3) is 0.208. The minimum atomic E-state index is -4.03. The Morgan fingerprint density at radius 1 is 0.970 bits per heavy atom. The highest BCUT2D eigenvalue weighted by atomic mass is 35.5. The van der Waals surface area contributed by atoms with Crippen molar-refractivity contribution in [2.75, 3.05) is 24.3 Å². The predicted octanol–water partition coefficient (Wildman–Crippen LogP) is 5.28. The summed E-state index contributed by atoms with van der Waals surface area (Å²) < 4.78 is 39.3. The molecule has 33 heavy (non-hydrogen) atoms. The molecule has 0 aliphatic heterocycles. The molecule has 0 aliphatic carbocycles. The molecule has 7 nitrogen and oxygen atoms in total. The second-order valence-electron chi connectivity index (χ2n) is 7.28. The monoisotopic (exact) mass is 488 g/mol. The van der Waals surface area contributed by atoms with E-state index in [9.17, 15) is 13.2 Å². The second-order valence-corrected chi connectivity index (χ2v) is 9.34. The van der Waals surface area contributed by atoms with Crippen LogP contribution >= 0.6 is 11.6 Å². The van der Waals surface area contributed by atoms with Crippen molar-refractivity contribution >= 4 is 38.9 Å². The van der Waals surface area contributed by atoms with E-state index >= 15 is 0 Å². The molecule has 9 heteroatoms. The molecule has 0 spiro atoms. The molecule has 2 N–H and O–H groups in total. The minimum Gasteiger partial charge on any atom is -0.495 e. The molecular weight excluding hydrogens is 464 g/mol. The molecule has 0 aliphatic rings. The van der Waals surface area contributed by atoms with Gasteiger partial charge >= 0.3 is 0 Å². The van der Waals surface area contributed by atoms with Crippen molar-refractivity contribution < 1.29 is 22.7 Å². The van der Waals surface area contributed by atoms with Gasteiger partial charge in [-0.2, -0.15) is 0 Å². The highest BCUT2D eigenvalue weighted by molar-refractivity contribution is 7.92. The van der Waals surface area contributed by atoms with Crippen LogP contribution in [-0.4, -0.2) is 28.5 Å². The number of aryl methyl sites for hydroxylation is 2. The number of rotatable bonds is 8. The van der Waals surface area contributed by atoms with Crippen molar-refractivity contribution in [2.24, 2.45) is 0 Å². The van der Waals surface area contributed by atoms with Gasteiger partial charge in [-0.3, -0.25) is 9.52 Å². The van der Waals surface area contributed by atoms with Crippen molar-refractivity contribution in [3.63, 3.8) is 0 Å². The van der Waals surface area contributed by atoms with Gasteiger partial charge in [0.25, 0.3) is 15.9 Å². The van der Waals surface area contributed by atoms with Crippen LogP contribution in [0.4, 0.5) is 11.4 Å². The molecule has 0 aromatic heterocycles. The first kappa shape index (κ1) is 24.4. The molecule has 3 aromatic rings. The summed E-state index contributed by atoms with van der Waals surface area (Å²) in [7, 11) is -1.19. The molecule has 0 heterocycles. The number of anilines is 2. The summed E-state index contributed by atoms with van der Waals surface area (Å²) in [5.41, 5.74) is 2.79. The fourth-order valence-corrected chi connectivity index (χ4v) is 4.58. The molecule has 0 saturated heterocycles. The summed E-state index contributed by atoms with van der Waals surface area (Å²) in [5, 5.41) is 3.25. The lowest BCUT2D eigenvalue weighted by molar-refractivity contribution is 0.102. The number of amides is 1. The van der Waals surface area contributed by atoms with Crippen LogP contribution in [0.2, 0.25) is 5.02 Å². The van der Waals surface area contributed by atoms with Crippen LogP contribution in [0.3, 0.4) is 0 Å². The summed E-state index contributed by atoms with van der Waals surface area (Å²) in [6.07, 6.45) is 0.843. The lowest BCUT2D eigenvalue weighted by Gasteiger charge is -2.15. The van der Waals surface area contributed by atoms with Crippen molar-refractivity contribution in [1.82, 2.24) is 0 Å². The summed E-state index contributed by atoms with van der Waals surface area (Å²) in [6.45, 7) is 3.82. The van der Waals surface area contributed by atoms with Crippen LogP contribution in [0.25, 0.3) is 0 Å². The third-order valence-electron chi connectivity index (χ3n) is 5.06. The molecule has 3 aromatic carbocycles. The zero-order valence-corrected chi connectivity index (χ0v) is 20.3. The van der Waals surface area contributed by atoms with Gasteiger partial charge in [0.2, 0.25) is 0 Å². The molecule has 174 valence electrons. The largest absolute Gasteiger partial charge is 0.495 e. The second kappa shape index (κ2) is 10.1. The fourth-order valence-electron chi connectivity index (χ4n) is 3.17. The number of sulfonamides is 1. The van der Waals surface area contributed by atoms with Gasteiger partial charge in [0.15, 0.2) is 0 Å². The minimum absolute atomic E-state index is 0.115. The molecule has 0 bridgehead atoms. The zero-order valence-electron chi connectivity index (χ0n) is 18.7. The highest BCUT2D eigenvalue weighted by Gasteiger charge is 2.22. The molecule has 0 saturated carbocycles. The maximum Gasteiger partial charge on any atom is 0.265 e. The normalized spacial score (nSPS) is 11.1. The Balaban J connectivity index is 1.93. The Hall–Kier alpha value is -3.23. The van der Waals surface area contributed by atoms with Gasteiger partial charge in [0.05, 0.1) is 19.9 Å². The Labute approximate surface area is 198 Å². The van der Waals surface area contributed by atoms with E-state index in [1.54, 1.807) is 31.2 Å². The van der Waals surface area contributed by atoms with Crippen LogP contribution < -0.4 is 19.5 Å². The molecule has 0 fully saturated rings. The Morgan fingerprint density at radius 3 is 2.24 bits per heavy atom. The number of carbonyl (C=O) groups is 1. The van der Waals surface area contributed by atoms with Gasteiger partial charge in [-0.15, -0.1) is 0 Å². The van der Waals surface area contributed by atoms with E-state index in [1.165, 1.54) is 32.4 Å². The first-order chi connectivity index (χ1) is 15.7. The Bertz CT molecular complexity index is 1270. The SMILES string of the molecule is CCc1ccc(NS(=O)(=O)c2cc(C(=O)Nc3cc(C)c(Cl)cc3OC)ccc2OC)cc1.